The van der Waals surface area contributed by atoms with Gasteiger partial charge in [-0.3, -0.25) is 0 Å². The molecule has 0 aliphatic heterocycles. The summed E-state index contributed by atoms with van der Waals surface area (Å²) in [5, 5.41) is 3.71. The second kappa shape index (κ2) is 5.76. The minimum atomic E-state index is -0.352. The van der Waals surface area contributed by atoms with Gasteiger partial charge in [0, 0.05) is 0 Å². The van der Waals surface area contributed by atoms with E-state index < -0.39 is 0 Å². The van der Waals surface area contributed by atoms with Crippen LogP contribution in [-0.4, -0.2) is 37.1 Å². The number of hydrogen-bond acceptors (Lipinski definition) is 1. The van der Waals surface area contributed by atoms with E-state index in [-0.39, 0.29) is 15.4 Å². The molecule has 0 aromatic heterocycles. The van der Waals surface area contributed by atoms with Crippen LogP contribution < -0.4 is 0 Å². The number of carbonyl (C=O) groups excluding carboxylic acids is 1. The molecule has 0 heterocycles. The molecule has 0 atom stereocenters. The molecule has 0 aromatic rings. The van der Waals surface area contributed by atoms with Crippen LogP contribution in [0, 0.1) is 0 Å². The minimum absolute atomic E-state index is 0.352. The topological polar surface area (TPSA) is 17.1 Å². The summed E-state index contributed by atoms with van der Waals surface area (Å²) in [6.07, 6.45) is 0. The quantitative estimate of drug-likeness (QED) is 0.331. The molecule has 0 spiro atoms. The van der Waals surface area contributed by atoms with Crippen LogP contribution in [0.25, 0.3) is 0 Å². The van der Waals surface area contributed by atoms with Gasteiger partial charge in [-0.2, -0.15) is 0 Å². The van der Waals surface area contributed by atoms with Crippen molar-refractivity contribution in [3.05, 3.63) is 0 Å². The van der Waals surface area contributed by atoms with Crippen LogP contribution in [0.5, 0.6) is 0 Å². The molecule has 0 unspecified atom stereocenters. The van der Waals surface area contributed by atoms with Gasteiger partial charge in [0.15, 0.2) is 0 Å². The fourth-order valence-electron chi connectivity index (χ4n) is 0.186. The van der Waals surface area contributed by atoms with Gasteiger partial charge in [0.25, 0.3) is 0 Å². The van der Waals surface area contributed by atoms with Crippen LogP contribution in [0.1, 0.15) is 0 Å². The normalized spacial score (nSPS) is 8.17. The molecule has 0 fully saturated rings. The maximum atomic E-state index is 9.65. The van der Waals surface area contributed by atoms with Crippen molar-refractivity contribution in [2.45, 2.75) is 10.5 Å². The van der Waals surface area contributed by atoms with Gasteiger partial charge in [0.2, 0.25) is 0 Å². The Morgan fingerprint density at radius 2 is 2.50 bits per heavy atom. The fourth-order valence-corrected chi connectivity index (χ4v) is 3.54. The van der Waals surface area contributed by atoms with Gasteiger partial charge in [0.05, 0.1) is 0 Å². The van der Waals surface area contributed by atoms with Crippen molar-refractivity contribution in [2.75, 3.05) is 0 Å². The molecule has 34 valence electrons. The Hall–Kier alpha value is 0.756. The summed E-state index contributed by atoms with van der Waals surface area (Å²) in [7, 11) is 0. The molecule has 0 N–H and O–H groups in total. The molecule has 6 heavy (non-hydrogen) atoms. The van der Waals surface area contributed by atoms with Gasteiger partial charge >= 0.3 is 52.4 Å². The molecular weight excluding hydrogens is 197 g/mol. The van der Waals surface area contributed by atoms with Crippen LogP contribution >= 0.6 is 0 Å². The Balaban J connectivity index is 2.49. The van der Waals surface area contributed by atoms with E-state index in [2.05, 4.69) is 0 Å². The van der Waals surface area contributed by atoms with E-state index in [0.717, 1.165) is 5.12 Å². The summed E-state index contributed by atoms with van der Waals surface area (Å²) in [4.78, 5) is 9.65. The molecule has 3 heteroatoms. The van der Waals surface area contributed by atoms with Gasteiger partial charge in [0.1, 0.15) is 0 Å². The standard InChI is InChI=1S/C3H8Ge2O/c4-1-2-5-3-6/h3,5H,1-2,4H2. The maximum absolute atomic E-state index is 9.65. The molecule has 0 amide bonds. The summed E-state index contributed by atoms with van der Waals surface area (Å²) in [5.41, 5.74) is 0. The third kappa shape index (κ3) is 4.76. The van der Waals surface area contributed by atoms with Crippen LogP contribution in [-0.2, 0) is 4.79 Å². The SMILES string of the molecule is O=[CH][GeH][CH2][CH2][GeH2]. The molecule has 0 saturated heterocycles. The van der Waals surface area contributed by atoms with E-state index >= 15 is 0 Å². The van der Waals surface area contributed by atoms with Crippen molar-refractivity contribution in [1.29, 1.82) is 0 Å². The zero-order valence-electron chi connectivity index (χ0n) is 3.68. The van der Waals surface area contributed by atoms with Gasteiger partial charge in [-0.1, -0.05) is 0 Å². The predicted octanol–water partition coefficient (Wildman–Crippen LogP) is -0.917. The summed E-state index contributed by atoms with van der Waals surface area (Å²) in [6, 6.07) is 0. The fraction of sp³-hybridized carbons (Fsp3) is 0.667. The molecule has 0 saturated carbocycles. The molecule has 2 radical (unpaired) electrons. The van der Waals surface area contributed by atoms with Gasteiger partial charge in [-0.25, -0.2) is 0 Å². The monoisotopic (exact) mass is 208 g/mol. The van der Waals surface area contributed by atoms with E-state index in [4.69, 9.17) is 0 Å². The molecular formula is C3H8Ge2O. The Kier molecular flexibility index (Phi) is 6.48. The first-order chi connectivity index (χ1) is 2.91. The molecule has 0 rings (SSSR count). The molecule has 0 aliphatic rings. The van der Waals surface area contributed by atoms with Crippen molar-refractivity contribution < 1.29 is 4.79 Å². The summed E-state index contributed by atoms with van der Waals surface area (Å²) >= 11 is 1.01. The van der Waals surface area contributed by atoms with E-state index in [9.17, 15) is 4.79 Å². The Labute approximate surface area is 52.6 Å². The van der Waals surface area contributed by atoms with Crippen LogP contribution in [0.3, 0.4) is 0 Å². The number of carbonyl (C=O) groups is 1. The first-order valence-electron chi connectivity index (χ1n) is 1.98. The second-order valence-corrected chi connectivity index (χ2v) is 5.27. The number of hydrogen-bond donors (Lipinski definition) is 0. The molecule has 0 bridgehead atoms. The third-order valence-electron chi connectivity index (χ3n) is 0.467. The van der Waals surface area contributed by atoms with E-state index in [0.29, 0.717) is 0 Å². The van der Waals surface area contributed by atoms with Crippen LogP contribution in [0.4, 0.5) is 0 Å². The third-order valence-corrected chi connectivity index (χ3v) is 6.88. The van der Waals surface area contributed by atoms with Gasteiger partial charge < -0.3 is 0 Å². The van der Waals surface area contributed by atoms with E-state index in [1.165, 1.54) is 27.0 Å². The summed E-state index contributed by atoms with van der Waals surface area (Å²) in [5.74, 6) is 0. The predicted molar refractivity (Wildman–Crippen MR) is 32.1 cm³/mol. The summed E-state index contributed by atoms with van der Waals surface area (Å²) in [6.45, 7) is 0. The average molecular weight is 205 g/mol. The van der Waals surface area contributed by atoms with E-state index in [1.54, 1.807) is 0 Å². The van der Waals surface area contributed by atoms with Crippen molar-refractivity contribution in [3.8, 4) is 0 Å². The first-order valence-corrected chi connectivity index (χ1v) is 7.19. The van der Waals surface area contributed by atoms with E-state index in [1.807, 2.05) is 0 Å². The molecule has 0 aromatic carbocycles. The summed E-state index contributed by atoms with van der Waals surface area (Å²) < 4.78 is 0. The van der Waals surface area contributed by atoms with Crippen molar-refractivity contribution in [3.63, 3.8) is 0 Å². The zero-order chi connectivity index (χ0) is 4.83. The zero-order valence-corrected chi connectivity index (χ0v) is 9.07. The molecule has 0 aliphatic carbocycles. The van der Waals surface area contributed by atoms with Crippen molar-refractivity contribution in [2.24, 2.45) is 0 Å². The van der Waals surface area contributed by atoms with Gasteiger partial charge in [-0.05, 0) is 0 Å². The first kappa shape index (κ1) is 6.76. The second-order valence-electron chi connectivity index (χ2n) is 1.01. The van der Waals surface area contributed by atoms with Gasteiger partial charge in [-0.15, -0.1) is 0 Å². The number of rotatable bonds is 3. The average Bonchev–Trinajstić information content (AvgIpc) is 1.61. The van der Waals surface area contributed by atoms with Crippen molar-refractivity contribution in [1.82, 2.24) is 0 Å². The Morgan fingerprint density at radius 3 is 2.67 bits per heavy atom. The van der Waals surface area contributed by atoms with Crippen molar-refractivity contribution >= 4 is 37.1 Å². The Morgan fingerprint density at radius 1 is 1.83 bits per heavy atom. The van der Waals surface area contributed by atoms with Crippen LogP contribution in [0.2, 0.25) is 10.5 Å². The Bertz CT molecular complexity index is 37.8. The van der Waals surface area contributed by atoms with Crippen LogP contribution in [0.15, 0.2) is 0 Å². The molecule has 1 nitrogen and oxygen atoms in total.